The van der Waals surface area contributed by atoms with Crippen molar-refractivity contribution in [1.29, 1.82) is 0 Å². The summed E-state index contributed by atoms with van der Waals surface area (Å²) in [7, 11) is 0. The normalized spacial score (nSPS) is 12.3. The number of halogens is 4. The topological polar surface area (TPSA) is 59.6 Å². The van der Waals surface area contributed by atoms with Gasteiger partial charge in [0.1, 0.15) is 5.75 Å². The summed E-state index contributed by atoms with van der Waals surface area (Å²) in [6, 6.07) is 7.17. The van der Waals surface area contributed by atoms with Crippen LogP contribution in [0, 0.1) is 0 Å². The van der Waals surface area contributed by atoms with Crippen molar-refractivity contribution in [1.82, 2.24) is 0 Å². The van der Waals surface area contributed by atoms with Gasteiger partial charge in [-0.2, -0.15) is 0 Å². The van der Waals surface area contributed by atoms with Crippen LogP contribution >= 0.6 is 27.3 Å². The van der Waals surface area contributed by atoms with E-state index in [2.05, 4.69) is 31.0 Å². The van der Waals surface area contributed by atoms with Crippen molar-refractivity contribution >= 4 is 38.9 Å². The Hall–Kier alpha value is -1.74. The molecule has 1 aromatic heterocycles. The zero-order valence-electron chi connectivity index (χ0n) is 11.0. The molecule has 0 aliphatic heterocycles. The van der Waals surface area contributed by atoms with Gasteiger partial charge in [-0.3, -0.25) is 0 Å². The summed E-state index contributed by atoms with van der Waals surface area (Å²) in [5.41, 5.74) is 6.24. The van der Waals surface area contributed by atoms with E-state index in [4.69, 9.17) is 5.73 Å². The molecule has 0 unspecified atom stereocenters. The van der Waals surface area contributed by atoms with Crippen LogP contribution in [0.1, 0.15) is 4.88 Å². The Morgan fingerprint density at radius 2 is 2.00 bits per heavy atom. The number of nitrogens with zero attached hydrogens (tertiary/aromatic N) is 1. The standard InChI is InChI=1S/C13H11BrF3N3OS/c14-8-5-11(22-7-8)6-19-12(18)20-9-1-3-10(4-2-9)21-13(15,16)17/h1-5,7H,6H2,(H3,18,19,20). The number of thiophene rings is 1. The number of hydrogen-bond acceptors (Lipinski definition) is 3. The third-order valence-electron chi connectivity index (χ3n) is 2.39. The molecular formula is C13H11BrF3N3OS. The summed E-state index contributed by atoms with van der Waals surface area (Å²) in [6.07, 6.45) is -4.70. The predicted octanol–water partition coefficient (Wildman–Crippen LogP) is 4.34. The molecule has 0 amide bonds. The van der Waals surface area contributed by atoms with Gasteiger partial charge in [0.2, 0.25) is 0 Å². The highest BCUT2D eigenvalue weighted by Gasteiger charge is 2.30. The molecule has 2 rings (SSSR count). The molecule has 1 heterocycles. The molecule has 0 atom stereocenters. The van der Waals surface area contributed by atoms with Gasteiger partial charge in [0.25, 0.3) is 0 Å². The summed E-state index contributed by atoms with van der Waals surface area (Å²) in [6.45, 7) is 0.421. The van der Waals surface area contributed by atoms with Gasteiger partial charge in [0, 0.05) is 20.4 Å². The molecule has 2 aromatic rings. The highest BCUT2D eigenvalue weighted by atomic mass is 79.9. The lowest BCUT2D eigenvalue weighted by molar-refractivity contribution is -0.274. The minimum absolute atomic E-state index is 0.175. The molecule has 22 heavy (non-hydrogen) atoms. The Morgan fingerprint density at radius 3 is 2.55 bits per heavy atom. The summed E-state index contributed by atoms with van der Waals surface area (Å²) in [5.74, 6) is -0.119. The van der Waals surface area contributed by atoms with E-state index in [-0.39, 0.29) is 11.7 Å². The molecule has 0 fully saturated rings. The average Bonchev–Trinajstić information content (AvgIpc) is 2.83. The lowest BCUT2D eigenvalue weighted by Gasteiger charge is -2.10. The van der Waals surface area contributed by atoms with Crippen molar-refractivity contribution in [3.8, 4) is 5.75 Å². The van der Waals surface area contributed by atoms with Crippen LogP contribution in [-0.4, -0.2) is 12.3 Å². The number of aliphatic imine (C=N–C) groups is 1. The molecule has 0 aliphatic carbocycles. The Morgan fingerprint density at radius 1 is 1.32 bits per heavy atom. The molecule has 0 aliphatic rings. The lowest BCUT2D eigenvalue weighted by Crippen LogP contribution is -2.22. The molecular weight excluding hydrogens is 383 g/mol. The second kappa shape index (κ2) is 7.01. The van der Waals surface area contributed by atoms with Gasteiger partial charge in [-0.15, -0.1) is 24.5 Å². The molecule has 0 radical (unpaired) electrons. The first-order valence-electron chi connectivity index (χ1n) is 5.97. The lowest BCUT2D eigenvalue weighted by atomic mass is 10.3. The Labute approximate surface area is 136 Å². The molecule has 3 N–H and O–H groups in total. The van der Waals surface area contributed by atoms with E-state index in [1.54, 1.807) is 11.3 Å². The second-order valence-corrected chi connectivity index (χ2v) is 6.04. The van der Waals surface area contributed by atoms with Crippen molar-refractivity contribution < 1.29 is 17.9 Å². The first-order chi connectivity index (χ1) is 10.3. The minimum Gasteiger partial charge on any atom is -0.406 e. The number of rotatable bonds is 4. The molecule has 9 heteroatoms. The third kappa shape index (κ3) is 5.57. The van der Waals surface area contributed by atoms with E-state index in [1.807, 2.05) is 11.4 Å². The van der Waals surface area contributed by atoms with Crippen molar-refractivity contribution in [2.45, 2.75) is 12.9 Å². The summed E-state index contributed by atoms with van der Waals surface area (Å²) < 4.78 is 40.9. The largest absolute Gasteiger partial charge is 0.573 e. The van der Waals surface area contributed by atoms with Gasteiger partial charge in [-0.25, -0.2) is 4.99 Å². The zero-order chi connectivity index (χ0) is 16.2. The number of ether oxygens (including phenoxy) is 1. The number of guanidine groups is 1. The fraction of sp³-hybridized carbons (Fsp3) is 0.154. The summed E-state index contributed by atoms with van der Waals surface area (Å²) >= 11 is 4.89. The number of anilines is 1. The van der Waals surface area contributed by atoms with Gasteiger partial charge in [-0.1, -0.05) is 0 Å². The van der Waals surface area contributed by atoms with E-state index >= 15 is 0 Å². The van der Waals surface area contributed by atoms with Crippen LogP contribution in [0.2, 0.25) is 0 Å². The molecule has 0 saturated carbocycles. The first-order valence-corrected chi connectivity index (χ1v) is 7.65. The van der Waals surface area contributed by atoms with Crippen LogP contribution < -0.4 is 15.8 Å². The van der Waals surface area contributed by atoms with Crippen molar-refractivity contribution in [2.75, 3.05) is 5.32 Å². The molecule has 0 saturated heterocycles. The van der Waals surface area contributed by atoms with Crippen molar-refractivity contribution in [3.63, 3.8) is 0 Å². The minimum atomic E-state index is -4.70. The van der Waals surface area contributed by atoms with E-state index in [0.29, 0.717) is 12.2 Å². The fourth-order valence-corrected chi connectivity index (χ4v) is 2.90. The summed E-state index contributed by atoms with van der Waals surface area (Å²) in [5, 5.41) is 4.73. The Kier molecular flexibility index (Phi) is 5.30. The fourth-order valence-electron chi connectivity index (χ4n) is 1.53. The monoisotopic (exact) mass is 393 g/mol. The van der Waals surface area contributed by atoms with Crippen LogP contribution in [0.3, 0.4) is 0 Å². The third-order valence-corrected chi connectivity index (χ3v) is 4.07. The highest BCUT2D eigenvalue weighted by molar-refractivity contribution is 9.10. The van der Waals surface area contributed by atoms with Crippen LogP contribution in [-0.2, 0) is 6.54 Å². The molecule has 4 nitrogen and oxygen atoms in total. The zero-order valence-corrected chi connectivity index (χ0v) is 13.4. The van der Waals surface area contributed by atoms with Crippen molar-refractivity contribution in [3.05, 3.63) is 45.1 Å². The molecule has 0 spiro atoms. The van der Waals surface area contributed by atoms with Crippen LogP contribution in [0.4, 0.5) is 18.9 Å². The maximum absolute atomic E-state index is 12.0. The van der Waals surface area contributed by atoms with E-state index < -0.39 is 6.36 Å². The van der Waals surface area contributed by atoms with Gasteiger partial charge in [0.05, 0.1) is 6.54 Å². The Balaban J connectivity index is 1.92. The Bertz CT molecular complexity index is 655. The molecule has 0 bridgehead atoms. The maximum atomic E-state index is 12.0. The van der Waals surface area contributed by atoms with Crippen LogP contribution in [0.5, 0.6) is 5.75 Å². The number of nitrogens with two attached hydrogens (primary N) is 1. The van der Waals surface area contributed by atoms with Crippen LogP contribution in [0.15, 0.2) is 45.2 Å². The number of hydrogen-bond donors (Lipinski definition) is 2. The second-order valence-electron chi connectivity index (χ2n) is 4.13. The number of nitrogens with one attached hydrogen (secondary N) is 1. The van der Waals surface area contributed by atoms with Crippen LogP contribution in [0.25, 0.3) is 0 Å². The van der Waals surface area contributed by atoms with E-state index in [1.165, 1.54) is 24.3 Å². The first kappa shape index (κ1) is 16.6. The number of benzene rings is 1. The van der Waals surface area contributed by atoms with E-state index in [9.17, 15) is 13.2 Å². The van der Waals surface area contributed by atoms with Crippen molar-refractivity contribution in [2.24, 2.45) is 10.7 Å². The molecule has 118 valence electrons. The average molecular weight is 394 g/mol. The highest BCUT2D eigenvalue weighted by Crippen LogP contribution is 2.24. The maximum Gasteiger partial charge on any atom is 0.573 e. The van der Waals surface area contributed by atoms with Gasteiger partial charge < -0.3 is 15.8 Å². The quantitative estimate of drug-likeness (QED) is 0.599. The predicted molar refractivity (Wildman–Crippen MR) is 84.1 cm³/mol. The van der Waals surface area contributed by atoms with Gasteiger partial charge >= 0.3 is 6.36 Å². The smallest absolute Gasteiger partial charge is 0.406 e. The van der Waals surface area contributed by atoms with Gasteiger partial charge in [-0.05, 0) is 46.3 Å². The van der Waals surface area contributed by atoms with Gasteiger partial charge in [0.15, 0.2) is 5.96 Å². The SMILES string of the molecule is NC(=NCc1cc(Br)cs1)Nc1ccc(OC(F)(F)F)cc1. The number of alkyl halides is 3. The van der Waals surface area contributed by atoms with E-state index in [0.717, 1.165) is 9.35 Å². The summed E-state index contributed by atoms with van der Waals surface area (Å²) in [4.78, 5) is 5.18. The molecule has 1 aromatic carbocycles.